The number of rotatable bonds is 2. The Kier molecular flexibility index (Phi) is 3.19. The maximum atomic E-state index is 9.83. The van der Waals surface area contributed by atoms with Crippen molar-refractivity contribution in [3.8, 4) is 5.75 Å². The average molecular weight is 302 g/mol. The largest absolute Gasteiger partial charge is 0.496 e. The Morgan fingerprint density at radius 2 is 2.25 bits per heavy atom. The zero-order chi connectivity index (χ0) is 11.9. The van der Waals surface area contributed by atoms with E-state index in [1.807, 2.05) is 13.0 Å². The predicted molar refractivity (Wildman–Crippen MR) is 69.2 cm³/mol. The van der Waals surface area contributed by atoms with E-state index < -0.39 is 6.10 Å². The summed E-state index contributed by atoms with van der Waals surface area (Å²) >= 11 is 4.90. The summed E-state index contributed by atoms with van der Waals surface area (Å²) in [4.78, 5) is 4.39. The lowest BCUT2D eigenvalue weighted by Crippen LogP contribution is -1.99. The third-order valence-electron chi connectivity index (χ3n) is 2.56. The van der Waals surface area contributed by atoms with Gasteiger partial charge in [-0.1, -0.05) is 0 Å². The molecule has 0 bridgehead atoms. The van der Waals surface area contributed by atoms with E-state index >= 15 is 0 Å². The number of aliphatic hydroxyl groups is 1. The number of hydrogen-bond donors (Lipinski definition) is 1. The molecule has 0 aliphatic carbocycles. The van der Waals surface area contributed by atoms with Gasteiger partial charge in [0.05, 0.1) is 23.4 Å². The summed E-state index contributed by atoms with van der Waals surface area (Å²) in [6.45, 7) is 3.68. The SMILES string of the molecule is COc1cc2sc(Br)nc2c(C(C)O)c1C. The minimum atomic E-state index is -0.549. The Labute approximate surface area is 106 Å². The predicted octanol–water partition coefficient (Wildman–Crippen LogP) is 3.43. The average Bonchev–Trinajstić information content (AvgIpc) is 2.56. The number of halogens is 1. The quantitative estimate of drug-likeness (QED) is 0.924. The van der Waals surface area contributed by atoms with E-state index in [2.05, 4.69) is 20.9 Å². The first-order valence-corrected chi connectivity index (χ1v) is 6.47. The van der Waals surface area contributed by atoms with E-state index in [-0.39, 0.29) is 0 Å². The van der Waals surface area contributed by atoms with Crippen LogP contribution in [0.15, 0.2) is 9.98 Å². The van der Waals surface area contributed by atoms with Crippen molar-refractivity contribution >= 4 is 37.5 Å². The molecular weight excluding hydrogens is 290 g/mol. The lowest BCUT2D eigenvalue weighted by molar-refractivity contribution is 0.199. The molecule has 1 aromatic carbocycles. The zero-order valence-corrected chi connectivity index (χ0v) is 11.6. The molecule has 0 spiro atoms. The Morgan fingerprint density at radius 1 is 1.56 bits per heavy atom. The van der Waals surface area contributed by atoms with Crippen molar-refractivity contribution in [3.05, 3.63) is 21.1 Å². The first-order valence-electron chi connectivity index (χ1n) is 4.86. The van der Waals surface area contributed by atoms with Crippen molar-refractivity contribution in [1.29, 1.82) is 0 Å². The monoisotopic (exact) mass is 301 g/mol. The second-order valence-corrected chi connectivity index (χ2v) is 5.91. The second-order valence-electron chi connectivity index (χ2n) is 3.61. The summed E-state index contributed by atoms with van der Waals surface area (Å²) in [5, 5.41) is 9.83. The normalized spacial score (nSPS) is 13.1. The van der Waals surface area contributed by atoms with Crippen molar-refractivity contribution in [1.82, 2.24) is 4.98 Å². The molecule has 2 aromatic rings. The first kappa shape index (κ1) is 11.8. The van der Waals surface area contributed by atoms with Crippen LogP contribution in [0.2, 0.25) is 0 Å². The molecule has 0 aliphatic rings. The molecule has 0 radical (unpaired) electrons. The molecule has 3 nitrogen and oxygen atoms in total. The van der Waals surface area contributed by atoms with Crippen molar-refractivity contribution < 1.29 is 9.84 Å². The van der Waals surface area contributed by atoms with Crippen molar-refractivity contribution in [3.63, 3.8) is 0 Å². The zero-order valence-electron chi connectivity index (χ0n) is 9.24. The van der Waals surface area contributed by atoms with Gasteiger partial charge in [-0.15, -0.1) is 11.3 Å². The van der Waals surface area contributed by atoms with E-state index in [0.717, 1.165) is 31.0 Å². The Morgan fingerprint density at radius 3 is 2.81 bits per heavy atom. The fourth-order valence-corrected chi connectivity index (χ4v) is 3.29. The fourth-order valence-electron chi connectivity index (χ4n) is 1.86. The molecule has 1 atom stereocenters. The van der Waals surface area contributed by atoms with E-state index in [1.165, 1.54) is 11.3 Å². The standard InChI is InChI=1S/C11H12BrNO2S/c1-5-7(15-3)4-8-10(9(5)6(2)14)13-11(12)16-8/h4,6,14H,1-3H3. The van der Waals surface area contributed by atoms with Crippen LogP contribution in [0.1, 0.15) is 24.2 Å². The number of hydrogen-bond acceptors (Lipinski definition) is 4. The first-order chi connectivity index (χ1) is 7.54. The molecule has 86 valence electrons. The van der Waals surface area contributed by atoms with E-state index in [1.54, 1.807) is 14.0 Å². The van der Waals surface area contributed by atoms with Gasteiger partial charge in [-0.3, -0.25) is 0 Å². The summed E-state index contributed by atoms with van der Waals surface area (Å²) in [6, 6.07) is 1.96. The number of methoxy groups -OCH3 is 1. The van der Waals surface area contributed by atoms with Gasteiger partial charge < -0.3 is 9.84 Å². The van der Waals surface area contributed by atoms with E-state index in [9.17, 15) is 5.11 Å². The van der Waals surface area contributed by atoms with Gasteiger partial charge >= 0.3 is 0 Å². The number of nitrogens with zero attached hydrogens (tertiary/aromatic N) is 1. The van der Waals surface area contributed by atoms with E-state index in [4.69, 9.17) is 4.74 Å². The number of fused-ring (bicyclic) bond motifs is 1. The Balaban J connectivity index is 2.84. The molecule has 5 heteroatoms. The van der Waals surface area contributed by atoms with Crippen molar-refractivity contribution in [2.24, 2.45) is 0 Å². The molecule has 1 unspecified atom stereocenters. The molecule has 16 heavy (non-hydrogen) atoms. The van der Waals surface area contributed by atoms with Crippen LogP contribution in [-0.2, 0) is 0 Å². The number of aromatic nitrogens is 1. The van der Waals surface area contributed by atoms with Crippen LogP contribution < -0.4 is 4.74 Å². The fraction of sp³-hybridized carbons (Fsp3) is 0.364. The van der Waals surface area contributed by atoms with Gasteiger partial charge in [-0.2, -0.15) is 0 Å². The highest BCUT2D eigenvalue weighted by atomic mass is 79.9. The van der Waals surface area contributed by atoms with Crippen LogP contribution in [-0.4, -0.2) is 17.2 Å². The lowest BCUT2D eigenvalue weighted by atomic mass is 10.0. The smallest absolute Gasteiger partial charge is 0.160 e. The van der Waals surface area contributed by atoms with Gasteiger partial charge in [0.15, 0.2) is 3.92 Å². The van der Waals surface area contributed by atoms with Crippen LogP contribution in [0.3, 0.4) is 0 Å². The Bertz CT molecular complexity index is 536. The molecule has 0 amide bonds. The summed E-state index contributed by atoms with van der Waals surface area (Å²) < 4.78 is 7.14. The lowest BCUT2D eigenvalue weighted by Gasteiger charge is -2.13. The summed E-state index contributed by atoms with van der Waals surface area (Å²) in [5.41, 5.74) is 2.64. The molecule has 1 aromatic heterocycles. The number of aliphatic hydroxyl groups excluding tert-OH is 1. The van der Waals surface area contributed by atoms with Gasteiger partial charge in [0.1, 0.15) is 5.75 Å². The summed E-state index contributed by atoms with van der Waals surface area (Å²) in [6.07, 6.45) is -0.549. The highest BCUT2D eigenvalue weighted by Gasteiger charge is 2.17. The van der Waals surface area contributed by atoms with Gasteiger partial charge in [-0.05, 0) is 41.4 Å². The number of benzene rings is 1. The molecule has 2 rings (SSSR count). The molecule has 0 aliphatic heterocycles. The van der Waals surface area contributed by atoms with E-state index in [0.29, 0.717) is 0 Å². The van der Waals surface area contributed by atoms with Crippen molar-refractivity contribution in [2.75, 3.05) is 7.11 Å². The van der Waals surface area contributed by atoms with Crippen LogP contribution in [0.4, 0.5) is 0 Å². The third-order valence-corrected chi connectivity index (χ3v) is 4.01. The van der Waals surface area contributed by atoms with Crippen LogP contribution >= 0.6 is 27.3 Å². The molecular formula is C11H12BrNO2S. The third kappa shape index (κ3) is 1.83. The summed E-state index contributed by atoms with van der Waals surface area (Å²) in [5.74, 6) is 0.791. The van der Waals surface area contributed by atoms with Gasteiger partial charge in [0.25, 0.3) is 0 Å². The molecule has 0 fully saturated rings. The minimum absolute atomic E-state index is 0.549. The maximum Gasteiger partial charge on any atom is 0.160 e. The minimum Gasteiger partial charge on any atom is -0.496 e. The van der Waals surface area contributed by atoms with Gasteiger partial charge in [0, 0.05) is 5.56 Å². The van der Waals surface area contributed by atoms with Gasteiger partial charge in [-0.25, -0.2) is 4.98 Å². The maximum absolute atomic E-state index is 9.83. The van der Waals surface area contributed by atoms with Crippen LogP contribution in [0.25, 0.3) is 10.2 Å². The van der Waals surface area contributed by atoms with Crippen molar-refractivity contribution in [2.45, 2.75) is 20.0 Å². The second kappa shape index (κ2) is 4.31. The highest BCUT2D eigenvalue weighted by molar-refractivity contribution is 9.11. The van der Waals surface area contributed by atoms with Crippen LogP contribution in [0, 0.1) is 6.92 Å². The molecule has 1 N–H and O–H groups in total. The highest BCUT2D eigenvalue weighted by Crippen LogP contribution is 2.37. The Hall–Kier alpha value is -0.650. The number of thiazole rings is 1. The van der Waals surface area contributed by atoms with Crippen LogP contribution in [0.5, 0.6) is 5.75 Å². The molecule has 0 saturated heterocycles. The van der Waals surface area contributed by atoms with Gasteiger partial charge in [0.2, 0.25) is 0 Å². The molecule has 0 saturated carbocycles. The molecule has 1 heterocycles. The summed E-state index contributed by atoms with van der Waals surface area (Å²) in [7, 11) is 1.63. The number of ether oxygens (including phenoxy) is 1. The topological polar surface area (TPSA) is 42.4 Å².